The van der Waals surface area contributed by atoms with Gasteiger partial charge in [-0.2, -0.15) is 0 Å². The van der Waals surface area contributed by atoms with Gasteiger partial charge in [0.05, 0.1) is 6.10 Å². The molecular formula is C35H43NO5. The molecule has 0 heterocycles. The van der Waals surface area contributed by atoms with Crippen LogP contribution < -0.4 is 0 Å². The number of likely N-dealkylation sites (N-methyl/N-ethyl adjacent to an activating group) is 1. The molecule has 0 aromatic heterocycles. The van der Waals surface area contributed by atoms with Crippen molar-refractivity contribution in [2.24, 2.45) is 5.92 Å². The minimum absolute atomic E-state index is 0.133. The molecule has 2 aromatic rings. The number of rotatable bonds is 13. The topological polar surface area (TPSA) is 83.9 Å². The average molecular weight is 558 g/mol. The third kappa shape index (κ3) is 7.81. The predicted molar refractivity (Wildman–Crippen MR) is 162 cm³/mol. The molecule has 2 aromatic carbocycles. The summed E-state index contributed by atoms with van der Waals surface area (Å²) in [5, 5.41) is 9.92. The number of ether oxygens (including phenoxy) is 1. The van der Waals surface area contributed by atoms with Gasteiger partial charge in [-0.05, 0) is 100 Å². The van der Waals surface area contributed by atoms with Crippen molar-refractivity contribution in [3.8, 4) is 11.8 Å². The zero-order valence-electron chi connectivity index (χ0n) is 25.0. The van der Waals surface area contributed by atoms with Gasteiger partial charge in [0.15, 0.2) is 17.1 Å². The number of allylic oxidation sites excluding steroid dienone is 1. The molecule has 0 bridgehead atoms. The first-order chi connectivity index (χ1) is 19.5. The Morgan fingerprint density at radius 1 is 1.05 bits per heavy atom. The van der Waals surface area contributed by atoms with E-state index in [1.807, 2.05) is 19.1 Å². The average Bonchev–Trinajstić information content (AvgIpc) is 2.95. The number of hydrogen-bond acceptors (Lipinski definition) is 5. The van der Waals surface area contributed by atoms with Crippen LogP contribution in [0.15, 0.2) is 60.7 Å². The molecule has 0 radical (unpaired) electrons. The molecule has 41 heavy (non-hydrogen) atoms. The summed E-state index contributed by atoms with van der Waals surface area (Å²) in [7, 11) is 3.20. The zero-order valence-corrected chi connectivity index (χ0v) is 25.0. The van der Waals surface area contributed by atoms with Crippen LogP contribution in [0.25, 0.3) is 0 Å². The highest BCUT2D eigenvalue weighted by Crippen LogP contribution is 2.36. The molecule has 1 fully saturated rings. The number of amides is 1. The monoisotopic (exact) mass is 557 g/mol. The van der Waals surface area contributed by atoms with Gasteiger partial charge in [0.25, 0.3) is 5.91 Å². The van der Waals surface area contributed by atoms with Crippen molar-refractivity contribution >= 4 is 17.5 Å². The number of Topliss-reactive ketones (excluding diaryl/α,β-unsaturated/α-hetero) is 2. The lowest BCUT2D eigenvalue weighted by molar-refractivity contribution is -0.145. The molecule has 218 valence electrons. The van der Waals surface area contributed by atoms with Gasteiger partial charge < -0.3 is 14.7 Å². The van der Waals surface area contributed by atoms with Crippen LogP contribution in [0.2, 0.25) is 0 Å². The summed E-state index contributed by atoms with van der Waals surface area (Å²) in [6.07, 6.45) is 5.03. The molecule has 0 aliphatic heterocycles. The summed E-state index contributed by atoms with van der Waals surface area (Å²) < 4.78 is 5.37. The molecule has 1 N–H and O–H groups in total. The van der Waals surface area contributed by atoms with E-state index in [2.05, 4.69) is 30.6 Å². The van der Waals surface area contributed by atoms with Crippen molar-refractivity contribution in [2.75, 3.05) is 14.2 Å². The van der Waals surface area contributed by atoms with Gasteiger partial charge in [0.1, 0.15) is 6.10 Å². The SMILES string of the molecule is C=C(CCCc1ccc(C#Cc2ccc(C(=O)N(C)[C@@](C)(C(=O)CCC)C(=O)[C@@H](C)O)cc2)cc1)C1CC(OC)C1. The van der Waals surface area contributed by atoms with Gasteiger partial charge in [0, 0.05) is 37.3 Å². The third-order valence-corrected chi connectivity index (χ3v) is 8.26. The molecule has 3 rings (SSSR count). The first-order valence-corrected chi connectivity index (χ1v) is 14.5. The Morgan fingerprint density at radius 2 is 1.61 bits per heavy atom. The van der Waals surface area contributed by atoms with Crippen molar-refractivity contribution in [1.29, 1.82) is 0 Å². The lowest BCUT2D eigenvalue weighted by Gasteiger charge is -2.37. The van der Waals surface area contributed by atoms with E-state index in [9.17, 15) is 19.5 Å². The third-order valence-electron chi connectivity index (χ3n) is 8.26. The van der Waals surface area contributed by atoms with E-state index in [4.69, 9.17) is 4.74 Å². The summed E-state index contributed by atoms with van der Waals surface area (Å²) in [5.41, 5.74) is 2.84. The Morgan fingerprint density at radius 3 is 2.12 bits per heavy atom. The number of hydrogen-bond donors (Lipinski definition) is 1. The van der Waals surface area contributed by atoms with E-state index in [0.29, 0.717) is 24.0 Å². The fraction of sp³-hybridized carbons (Fsp3) is 0.457. The van der Waals surface area contributed by atoms with Crippen molar-refractivity contribution in [3.05, 3.63) is 82.9 Å². The lowest BCUT2D eigenvalue weighted by atomic mass is 9.76. The highest BCUT2D eigenvalue weighted by molar-refractivity contribution is 6.15. The van der Waals surface area contributed by atoms with Crippen LogP contribution in [0, 0.1) is 17.8 Å². The minimum atomic E-state index is -1.75. The maximum Gasteiger partial charge on any atom is 0.254 e. The lowest BCUT2D eigenvalue weighted by Crippen LogP contribution is -2.60. The van der Waals surface area contributed by atoms with Gasteiger partial charge in [-0.3, -0.25) is 14.4 Å². The Hall–Kier alpha value is -3.53. The summed E-state index contributed by atoms with van der Waals surface area (Å²) in [6.45, 7) is 8.82. The minimum Gasteiger partial charge on any atom is -0.386 e. The highest BCUT2D eigenvalue weighted by Gasteiger charge is 2.47. The maximum absolute atomic E-state index is 13.2. The number of nitrogens with zero attached hydrogens (tertiary/aromatic N) is 1. The van der Waals surface area contributed by atoms with Crippen molar-refractivity contribution in [1.82, 2.24) is 4.90 Å². The Kier molecular flexibility index (Phi) is 11.2. The standard InChI is InChI=1S/C35H43NO5/c1-7-9-32(38)35(4,33(39)25(3)37)36(5)34(40)29-20-18-28(19-21-29)17-16-27-14-12-26(13-15-27)11-8-10-24(2)30-22-31(23-30)41-6/h12-15,18-21,25,30-31,37H,2,7-11,22-23H2,1,3-6H3/t25-,30?,31?,35+/m1/s1. The molecule has 6 heteroatoms. The summed E-state index contributed by atoms with van der Waals surface area (Å²) >= 11 is 0. The van der Waals surface area contributed by atoms with Crippen molar-refractivity contribution < 1.29 is 24.2 Å². The van der Waals surface area contributed by atoms with Crippen LogP contribution in [0.5, 0.6) is 0 Å². The van der Waals surface area contributed by atoms with E-state index in [-0.39, 0.29) is 6.42 Å². The van der Waals surface area contributed by atoms with Crippen LogP contribution in [0.4, 0.5) is 0 Å². The molecule has 1 aliphatic carbocycles. The largest absolute Gasteiger partial charge is 0.386 e. The maximum atomic E-state index is 13.2. The Labute approximate surface area is 244 Å². The predicted octanol–water partition coefficient (Wildman–Crippen LogP) is 5.54. The van der Waals surface area contributed by atoms with E-state index in [1.165, 1.54) is 32.0 Å². The van der Waals surface area contributed by atoms with Crippen LogP contribution in [-0.2, 0) is 20.7 Å². The van der Waals surface area contributed by atoms with Gasteiger partial charge in [-0.15, -0.1) is 0 Å². The summed E-state index contributed by atoms with van der Waals surface area (Å²) in [5.74, 6) is 5.34. The molecule has 6 nitrogen and oxygen atoms in total. The highest BCUT2D eigenvalue weighted by atomic mass is 16.5. The summed E-state index contributed by atoms with van der Waals surface area (Å²) in [4.78, 5) is 40.0. The number of aliphatic hydroxyl groups is 1. The second-order valence-corrected chi connectivity index (χ2v) is 11.2. The molecule has 1 aliphatic rings. The van der Waals surface area contributed by atoms with Crippen molar-refractivity contribution in [2.45, 2.75) is 83.5 Å². The van der Waals surface area contributed by atoms with E-state index < -0.39 is 29.1 Å². The smallest absolute Gasteiger partial charge is 0.254 e. The zero-order chi connectivity index (χ0) is 30.2. The molecular weight excluding hydrogens is 514 g/mol. The van der Waals surface area contributed by atoms with Crippen molar-refractivity contribution in [3.63, 3.8) is 0 Å². The number of aliphatic hydroxyl groups excluding tert-OH is 1. The molecule has 1 saturated carbocycles. The number of carbonyl (C=O) groups is 3. The summed E-state index contributed by atoms with van der Waals surface area (Å²) in [6, 6.07) is 15.0. The Balaban J connectivity index is 1.58. The van der Waals surface area contributed by atoms with Crippen LogP contribution in [-0.4, -0.2) is 59.4 Å². The fourth-order valence-corrected chi connectivity index (χ4v) is 5.17. The quantitative estimate of drug-likeness (QED) is 0.199. The first kappa shape index (κ1) is 32.0. The normalized spacial score (nSPS) is 18.2. The van der Waals surface area contributed by atoms with Crippen LogP contribution >= 0.6 is 0 Å². The van der Waals surface area contributed by atoms with Crippen LogP contribution in [0.3, 0.4) is 0 Å². The van der Waals surface area contributed by atoms with E-state index >= 15 is 0 Å². The number of methoxy groups -OCH3 is 1. The second-order valence-electron chi connectivity index (χ2n) is 11.2. The van der Waals surface area contributed by atoms with Crippen LogP contribution in [0.1, 0.15) is 86.3 Å². The Bertz CT molecular complexity index is 1290. The van der Waals surface area contributed by atoms with E-state index in [0.717, 1.165) is 48.1 Å². The van der Waals surface area contributed by atoms with Gasteiger partial charge >= 0.3 is 0 Å². The van der Waals surface area contributed by atoms with E-state index in [1.54, 1.807) is 31.4 Å². The second kappa shape index (κ2) is 14.4. The molecule has 0 spiro atoms. The molecule has 0 saturated heterocycles. The fourth-order valence-electron chi connectivity index (χ4n) is 5.17. The van der Waals surface area contributed by atoms with Gasteiger partial charge in [-0.25, -0.2) is 0 Å². The van der Waals surface area contributed by atoms with Gasteiger partial charge in [-0.1, -0.05) is 43.0 Å². The number of ketones is 2. The number of aryl methyl sites for hydroxylation is 1. The van der Waals surface area contributed by atoms with Gasteiger partial charge in [0.2, 0.25) is 0 Å². The number of carbonyl (C=O) groups excluding carboxylic acids is 3. The molecule has 1 amide bonds. The first-order valence-electron chi connectivity index (χ1n) is 14.5. The number of benzene rings is 2. The molecule has 0 unspecified atom stereocenters. The molecule has 2 atom stereocenters.